The first kappa shape index (κ1) is 26.8. The third-order valence-electron chi connectivity index (χ3n) is 5.94. The van der Waals surface area contributed by atoms with Gasteiger partial charge in [0.1, 0.15) is 0 Å². The second kappa shape index (κ2) is 16.0. The van der Waals surface area contributed by atoms with Gasteiger partial charge in [0.25, 0.3) is 0 Å². The monoisotopic (exact) mass is 486 g/mol. The molecule has 0 aliphatic carbocycles. The summed E-state index contributed by atoms with van der Waals surface area (Å²) < 4.78 is 0. The molecule has 3 rings (SSSR count). The minimum Gasteiger partial charge on any atom is -0.338 e. The summed E-state index contributed by atoms with van der Waals surface area (Å²) in [6, 6.07) is 28.3. The van der Waals surface area contributed by atoms with Crippen LogP contribution in [0, 0.1) is 0 Å². The lowest BCUT2D eigenvalue weighted by molar-refractivity contribution is 0.239. The molecule has 0 atom stereocenters. The summed E-state index contributed by atoms with van der Waals surface area (Å²) in [5.41, 5.74) is 4.64. The van der Waals surface area contributed by atoms with Crippen LogP contribution < -0.4 is 21.3 Å². The van der Waals surface area contributed by atoms with Gasteiger partial charge < -0.3 is 21.3 Å². The van der Waals surface area contributed by atoms with Crippen LogP contribution in [0.15, 0.2) is 84.9 Å². The number of aryl methyl sites for hydroxylation is 2. The normalized spacial score (nSPS) is 10.4. The lowest BCUT2D eigenvalue weighted by atomic mass is 10.1. The molecule has 3 aromatic carbocycles. The minimum absolute atomic E-state index is 0.162. The second-order valence-corrected chi connectivity index (χ2v) is 8.92. The molecule has 0 saturated carbocycles. The predicted molar refractivity (Wildman–Crippen MR) is 146 cm³/mol. The third kappa shape index (κ3) is 11.1. The first-order valence-corrected chi connectivity index (χ1v) is 12.9. The van der Waals surface area contributed by atoms with E-state index in [0.29, 0.717) is 26.2 Å². The van der Waals surface area contributed by atoms with Crippen LogP contribution in [0.5, 0.6) is 0 Å². The molecule has 4 amide bonds. The van der Waals surface area contributed by atoms with E-state index in [-0.39, 0.29) is 12.1 Å². The molecular weight excluding hydrogens is 448 g/mol. The Hall–Kier alpha value is -3.80. The molecule has 0 fully saturated rings. The molecule has 0 spiro atoms. The number of urea groups is 2. The predicted octanol–water partition coefficient (Wildman–Crippen LogP) is 5.33. The van der Waals surface area contributed by atoms with Crippen molar-refractivity contribution in [3.63, 3.8) is 0 Å². The molecule has 0 aliphatic rings. The zero-order valence-electron chi connectivity index (χ0n) is 21.0. The van der Waals surface area contributed by atoms with Crippen LogP contribution in [0.3, 0.4) is 0 Å². The van der Waals surface area contributed by atoms with E-state index in [1.54, 1.807) is 0 Å². The molecule has 0 bridgehead atoms. The van der Waals surface area contributed by atoms with Crippen LogP contribution in [0.25, 0.3) is 0 Å². The van der Waals surface area contributed by atoms with Crippen molar-refractivity contribution in [3.05, 3.63) is 107 Å². The van der Waals surface area contributed by atoms with E-state index >= 15 is 0 Å². The molecule has 36 heavy (non-hydrogen) atoms. The van der Waals surface area contributed by atoms with Gasteiger partial charge in [0, 0.05) is 26.2 Å². The number of hydrogen-bond acceptors (Lipinski definition) is 2. The van der Waals surface area contributed by atoms with Crippen molar-refractivity contribution in [2.24, 2.45) is 0 Å². The quantitative estimate of drug-likeness (QED) is 0.232. The van der Waals surface area contributed by atoms with Crippen molar-refractivity contribution >= 4 is 12.1 Å². The van der Waals surface area contributed by atoms with E-state index in [0.717, 1.165) is 49.7 Å². The molecule has 0 unspecified atom stereocenters. The third-order valence-corrected chi connectivity index (χ3v) is 5.94. The maximum absolute atomic E-state index is 12.1. The zero-order valence-corrected chi connectivity index (χ0v) is 21.0. The number of benzene rings is 3. The number of amides is 4. The zero-order chi connectivity index (χ0) is 25.3. The Bertz CT molecular complexity index is 960. The molecule has 4 N–H and O–H groups in total. The van der Waals surface area contributed by atoms with E-state index in [1.165, 1.54) is 11.1 Å². The summed E-state index contributed by atoms with van der Waals surface area (Å²) in [6.07, 6.45) is 6.02. The lowest BCUT2D eigenvalue weighted by Crippen LogP contribution is -2.36. The summed E-state index contributed by atoms with van der Waals surface area (Å²) >= 11 is 0. The van der Waals surface area contributed by atoms with Crippen LogP contribution in [-0.2, 0) is 25.9 Å². The average molecular weight is 487 g/mol. The Morgan fingerprint density at radius 3 is 1.33 bits per heavy atom. The number of unbranched alkanes of at least 4 members (excludes halogenated alkanes) is 2. The SMILES string of the molecule is O=C(NCCCCc1ccccc1)NCc1cccc(CNC(=O)NCCCCc2ccccc2)c1. The minimum atomic E-state index is -0.162. The van der Waals surface area contributed by atoms with Gasteiger partial charge in [-0.1, -0.05) is 84.9 Å². The number of carbonyl (C=O) groups is 2. The highest BCUT2D eigenvalue weighted by Crippen LogP contribution is 2.06. The molecule has 3 aromatic rings. The van der Waals surface area contributed by atoms with Gasteiger partial charge in [-0.3, -0.25) is 0 Å². The van der Waals surface area contributed by atoms with E-state index in [4.69, 9.17) is 0 Å². The number of hydrogen-bond donors (Lipinski definition) is 4. The fourth-order valence-corrected chi connectivity index (χ4v) is 3.94. The highest BCUT2D eigenvalue weighted by atomic mass is 16.2. The maximum atomic E-state index is 12.1. The Morgan fingerprint density at radius 2 is 0.889 bits per heavy atom. The summed E-state index contributed by atoms with van der Waals surface area (Å²) in [5, 5.41) is 11.6. The van der Waals surface area contributed by atoms with Crippen molar-refractivity contribution in [2.75, 3.05) is 13.1 Å². The number of nitrogens with one attached hydrogen (secondary N) is 4. The number of carbonyl (C=O) groups excluding carboxylic acids is 2. The summed E-state index contributed by atoms with van der Waals surface area (Å²) in [6.45, 7) is 2.20. The molecule has 0 radical (unpaired) electrons. The van der Waals surface area contributed by atoms with Gasteiger partial charge in [0.2, 0.25) is 0 Å². The van der Waals surface area contributed by atoms with Gasteiger partial charge in [0.05, 0.1) is 0 Å². The maximum Gasteiger partial charge on any atom is 0.315 e. The van der Waals surface area contributed by atoms with Crippen LogP contribution >= 0.6 is 0 Å². The second-order valence-electron chi connectivity index (χ2n) is 8.92. The smallest absolute Gasteiger partial charge is 0.315 e. The van der Waals surface area contributed by atoms with Gasteiger partial charge in [-0.15, -0.1) is 0 Å². The van der Waals surface area contributed by atoms with Crippen molar-refractivity contribution in [3.8, 4) is 0 Å². The van der Waals surface area contributed by atoms with Gasteiger partial charge in [-0.05, 0) is 60.8 Å². The van der Waals surface area contributed by atoms with Crippen molar-refractivity contribution < 1.29 is 9.59 Å². The first-order chi connectivity index (χ1) is 17.7. The molecular formula is C30H38N4O2. The van der Waals surface area contributed by atoms with Crippen LogP contribution in [0.1, 0.15) is 47.9 Å². The largest absolute Gasteiger partial charge is 0.338 e. The molecule has 190 valence electrons. The summed E-state index contributed by atoms with van der Waals surface area (Å²) in [7, 11) is 0. The molecule has 6 nitrogen and oxygen atoms in total. The average Bonchev–Trinajstić information content (AvgIpc) is 2.92. The van der Waals surface area contributed by atoms with Gasteiger partial charge in [0.15, 0.2) is 0 Å². The fraction of sp³-hybridized carbons (Fsp3) is 0.333. The molecule has 0 aromatic heterocycles. The topological polar surface area (TPSA) is 82.3 Å². The Kier molecular flexibility index (Phi) is 11.9. The van der Waals surface area contributed by atoms with Crippen molar-refractivity contribution in [1.29, 1.82) is 0 Å². The summed E-state index contributed by atoms with van der Waals surface area (Å²) in [4.78, 5) is 24.2. The fourth-order valence-electron chi connectivity index (χ4n) is 3.94. The lowest BCUT2D eigenvalue weighted by Gasteiger charge is -2.10. The molecule has 0 heterocycles. The van der Waals surface area contributed by atoms with E-state index in [1.807, 2.05) is 36.4 Å². The Balaban J connectivity index is 1.23. The summed E-state index contributed by atoms with van der Waals surface area (Å²) in [5.74, 6) is 0. The first-order valence-electron chi connectivity index (χ1n) is 12.9. The van der Waals surface area contributed by atoms with Crippen LogP contribution in [-0.4, -0.2) is 25.2 Å². The Labute approximate surface area is 214 Å². The van der Waals surface area contributed by atoms with Crippen LogP contribution in [0.2, 0.25) is 0 Å². The number of rotatable bonds is 14. The molecule has 6 heteroatoms. The molecule has 0 saturated heterocycles. The standard InChI is InChI=1S/C30H38N4O2/c35-29(31-20-9-7-16-25-12-3-1-4-13-25)33-23-27-18-11-19-28(22-27)24-34-30(36)32-21-10-8-17-26-14-5-2-6-15-26/h1-6,11-15,18-19,22H,7-10,16-17,20-21,23-24H2,(H2,31,33,35)(H2,32,34,36). The van der Waals surface area contributed by atoms with Crippen LogP contribution in [0.4, 0.5) is 9.59 Å². The highest BCUT2D eigenvalue weighted by molar-refractivity contribution is 5.74. The van der Waals surface area contributed by atoms with E-state index in [2.05, 4.69) is 69.8 Å². The molecule has 0 aliphatic heterocycles. The van der Waals surface area contributed by atoms with Crippen molar-refractivity contribution in [1.82, 2.24) is 21.3 Å². The Morgan fingerprint density at radius 1 is 0.472 bits per heavy atom. The van der Waals surface area contributed by atoms with Crippen molar-refractivity contribution in [2.45, 2.75) is 51.6 Å². The van der Waals surface area contributed by atoms with E-state index in [9.17, 15) is 9.59 Å². The van der Waals surface area contributed by atoms with Gasteiger partial charge in [-0.2, -0.15) is 0 Å². The highest BCUT2D eigenvalue weighted by Gasteiger charge is 2.04. The van der Waals surface area contributed by atoms with E-state index < -0.39 is 0 Å². The van der Waals surface area contributed by atoms with Gasteiger partial charge >= 0.3 is 12.1 Å². The van der Waals surface area contributed by atoms with Gasteiger partial charge in [-0.25, -0.2) is 9.59 Å².